The van der Waals surface area contributed by atoms with Crippen molar-refractivity contribution in [3.63, 3.8) is 0 Å². The van der Waals surface area contributed by atoms with Gasteiger partial charge in [-0.15, -0.1) is 11.3 Å². The number of aromatic nitrogens is 2. The molecule has 0 N–H and O–H groups in total. The molecule has 0 atom stereocenters. The average Bonchev–Trinajstić information content (AvgIpc) is 3.55. The van der Waals surface area contributed by atoms with Crippen LogP contribution in [-0.4, -0.2) is 52.8 Å². The summed E-state index contributed by atoms with van der Waals surface area (Å²) in [7, 11) is 1.75. The molecule has 0 saturated carbocycles. The van der Waals surface area contributed by atoms with Gasteiger partial charge in [0.15, 0.2) is 11.5 Å². The van der Waals surface area contributed by atoms with Crippen LogP contribution in [0.15, 0.2) is 29.6 Å². The van der Waals surface area contributed by atoms with E-state index in [9.17, 15) is 4.79 Å². The lowest BCUT2D eigenvalue weighted by molar-refractivity contribution is -0.109. The van der Waals surface area contributed by atoms with Crippen LogP contribution in [0.2, 0.25) is 0 Å². The van der Waals surface area contributed by atoms with Gasteiger partial charge in [-0.05, 0) is 72.7 Å². The number of methoxy groups -OCH3 is 1. The van der Waals surface area contributed by atoms with Crippen molar-refractivity contribution in [1.82, 2.24) is 14.5 Å². The summed E-state index contributed by atoms with van der Waals surface area (Å²) >= 11 is 1.67. The lowest BCUT2D eigenvalue weighted by atomic mass is 9.93. The van der Waals surface area contributed by atoms with Crippen LogP contribution in [0.3, 0.4) is 0 Å². The highest BCUT2D eigenvalue weighted by Crippen LogP contribution is 2.41. The van der Waals surface area contributed by atoms with Crippen LogP contribution in [0.25, 0.3) is 16.4 Å². The van der Waals surface area contributed by atoms with E-state index in [1.807, 2.05) is 11.0 Å². The standard InChI is InChI=1S/C27H31N3O3S/c1-17(2)12-19-13-21-18(14-22(19)32-3)7-8-20-24(28-25(30(20)21)23-6-4-11-34-23)26(31)29-10-5-9-27(29)15-33-16-27/h4,6,11,13-14,17H,5,7-10,12,15-16H2,1-3H3. The number of amides is 1. The van der Waals surface area contributed by atoms with Gasteiger partial charge in [0, 0.05) is 6.54 Å². The number of rotatable bonds is 5. The summed E-state index contributed by atoms with van der Waals surface area (Å²) in [5, 5.41) is 2.07. The average molecular weight is 478 g/mol. The number of fused-ring (bicyclic) bond motifs is 3. The molecule has 1 amide bonds. The number of thiophene rings is 1. The predicted octanol–water partition coefficient (Wildman–Crippen LogP) is 4.91. The van der Waals surface area contributed by atoms with Crippen molar-refractivity contribution in [2.75, 3.05) is 26.9 Å². The van der Waals surface area contributed by atoms with Crippen molar-refractivity contribution in [1.29, 1.82) is 0 Å². The molecule has 0 aliphatic carbocycles. The molecular weight excluding hydrogens is 446 g/mol. The van der Waals surface area contributed by atoms with E-state index in [2.05, 4.69) is 42.0 Å². The third kappa shape index (κ3) is 3.32. The fraction of sp³-hybridized carbons (Fsp3) is 0.481. The van der Waals surface area contributed by atoms with Crippen LogP contribution in [0, 0.1) is 5.92 Å². The Morgan fingerprint density at radius 1 is 1.29 bits per heavy atom. The lowest BCUT2D eigenvalue weighted by Crippen LogP contribution is -2.60. The molecule has 2 fully saturated rings. The molecule has 0 unspecified atom stereocenters. The third-order valence-electron chi connectivity index (χ3n) is 7.48. The summed E-state index contributed by atoms with van der Waals surface area (Å²) in [5.74, 6) is 2.40. The first-order valence-corrected chi connectivity index (χ1v) is 13.1. The second-order valence-corrected chi connectivity index (χ2v) is 11.2. The number of likely N-dealkylation sites (tertiary alicyclic amines) is 1. The van der Waals surface area contributed by atoms with Crippen LogP contribution < -0.4 is 4.74 Å². The molecule has 3 aliphatic rings. The zero-order chi connectivity index (χ0) is 23.4. The summed E-state index contributed by atoms with van der Waals surface area (Å²) in [6, 6.07) is 8.60. The van der Waals surface area contributed by atoms with Crippen molar-refractivity contribution in [3.05, 3.63) is 52.2 Å². The second-order valence-electron chi connectivity index (χ2n) is 10.2. The molecule has 3 aromatic rings. The Balaban J connectivity index is 1.51. The maximum Gasteiger partial charge on any atom is 0.275 e. The van der Waals surface area contributed by atoms with E-state index in [1.54, 1.807) is 18.4 Å². The monoisotopic (exact) mass is 477 g/mol. The van der Waals surface area contributed by atoms with Gasteiger partial charge in [-0.3, -0.25) is 9.36 Å². The van der Waals surface area contributed by atoms with Gasteiger partial charge in [0.25, 0.3) is 5.91 Å². The van der Waals surface area contributed by atoms with Gasteiger partial charge in [-0.1, -0.05) is 19.9 Å². The van der Waals surface area contributed by atoms with E-state index in [0.29, 0.717) is 24.8 Å². The maximum atomic E-state index is 13.9. The Kier molecular flexibility index (Phi) is 5.30. The normalized spacial score (nSPS) is 18.2. The van der Waals surface area contributed by atoms with Gasteiger partial charge in [0.05, 0.1) is 42.1 Å². The molecule has 0 bridgehead atoms. The molecule has 34 heavy (non-hydrogen) atoms. The number of carbonyl (C=O) groups is 1. The summed E-state index contributed by atoms with van der Waals surface area (Å²) < 4.78 is 13.5. The van der Waals surface area contributed by atoms with Crippen molar-refractivity contribution < 1.29 is 14.3 Å². The van der Waals surface area contributed by atoms with Crippen molar-refractivity contribution in [3.8, 4) is 22.1 Å². The minimum absolute atomic E-state index is 0.0618. The second kappa shape index (κ2) is 8.24. The van der Waals surface area contributed by atoms with Gasteiger partial charge < -0.3 is 14.4 Å². The highest BCUT2D eigenvalue weighted by molar-refractivity contribution is 7.13. The van der Waals surface area contributed by atoms with E-state index in [4.69, 9.17) is 14.5 Å². The van der Waals surface area contributed by atoms with E-state index >= 15 is 0 Å². The highest BCUT2D eigenvalue weighted by atomic mass is 32.1. The number of hydrogen-bond acceptors (Lipinski definition) is 5. The zero-order valence-corrected chi connectivity index (χ0v) is 20.9. The van der Waals surface area contributed by atoms with Gasteiger partial charge in [0.1, 0.15) is 5.75 Å². The SMILES string of the molecule is COc1cc2c(cc1CC(C)C)-n1c(-c3cccs3)nc(C(=O)N3CCCC34COC4)c1CC2. The number of aryl methyl sites for hydroxylation is 1. The minimum atomic E-state index is -0.124. The first kappa shape index (κ1) is 21.9. The van der Waals surface area contributed by atoms with Gasteiger partial charge >= 0.3 is 0 Å². The predicted molar refractivity (Wildman–Crippen MR) is 133 cm³/mol. The van der Waals surface area contributed by atoms with E-state index in [1.165, 1.54) is 11.1 Å². The van der Waals surface area contributed by atoms with Crippen LogP contribution in [0.4, 0.5) is 0 Å². The molecule has 5 heterocycles. The molecule has 3 aliphatic heterocycles. The molecule has 178 valence electrons. The number of nitrogens with zero attached hydrogens (tertiary/aromatic N) is 3. The lowest BCUT2D eigenvalue weighted by Gasteiger charge is -2.45. The molecule has 0 radical (unpaired) electrons. The molecule has 1 aromatic carbocycles. The number of benzene rings is 1. The largest absolute Gasteiger partial charge is 0.496 e. The first-order chi connectivity index (χ1) is 16.5. The molecule has 6 rings (SSSR count). The van der Waals surface area contributed by atoms with E-state index < -0.39 is 0 Å². The molecule has 2 aromatic heterocycles. The van der Waals surface area contributed by atoms with Gasteiger partial charge in [-0.25, -0.2) is 4.98 Å². The summed E-state index contributed by atoms with van der Waals surface area (Å²) in [4.78, 5) is 22.1. The quantitative estimate of drug-likeness (QED) is 0.524. The molecule has 1 spiro atoms. The van der Waals surface area contributed by atoms with E-state index in [-0.39, 0.29) is 11.4 Å². The van der Waals surface area contributed by atoms with Crippen molar-refractivity contribution in [2.45, 2.75) is 51.5 Å². The summed E-state index contributed by atoms with van der Waals surface area (Å²) in [6.45, 7) is 6.54. The Hall–Kier alpha value is -2.64. The van der Waals surface area contributed by atoms with Crippen LogP contribution in [0.5, 0.6) is 5.75 Å². The Bertz CT molecular complexity index is 1240. The van der Waals surface area contributed by atoms with Crippen molar-refractivity contribution >= 4 is 17.2 Å². The van der Waals surface area contributed by atoms with Crippen molar-refractivity contribution in [2.24, 2.45) is 5.92 Å². The van der Waals surface area contributed by atoms with Crippen LogP contribution in [0.1, 0.15) is 54.0 Å². The zero-order valence-electron chi connectivity index (χ0n) is 20.1. The minimum Gasteiger partial charge on any atom is -0.496 e. The number of imidazole rings is 1. The fourth-order valence-corrected chi connectivity index (χ4v) is 6.52. The smallest absolute Gasteiger partial charge is 0.275 e. The summed E-state index contributed by atoms with van der Waals surface area (Å²) in [6.07, 6.45) is 4.66. The molecule has 6 nitrogen and oxygen atoms in total. The Morgan fingerprint density at radius 3 is 2.82 bits per heavy atom. The van der Waals surface area contributed by atoms with Crippen LogP contribution >= 0.6 is 11.3 Å². The number of hydrogen-bond donors (Lipinski definition) is 0. The van der Waals surface area contributed by atoms with Gasteiger partial charge in [0.2, 0.25) is 0 Å². The molecule has 2 saturated heterocycles. The molecule has 7 heteroatoms. The first-order valence-electron chi connectivity index (χ1n) is 12.3. The maximum absolute atomic E-state index is 13.9. The number of ether oxygens (including phenoxy) is 2. The molecular formula is C27H31N3O3S. The highest BCUT2D eigenvalue weighted by Gasteiger charge is 2.50. The Morgan fingerprint density at radius 2 is 2.15 bits per heavy atom. The topological polar surface area (TPSA) is 56.6 Å². The fourth-order valence-electron chi connectivity index (χ4n) is 5.81. The van der Waals surface area contributed by atoms with Crippen LogP contribution in [-0.2, 0) is 24.0 Å². The summed E-state index contributed by atoms with van der Waals surface area (Å²) in [5.41, 5.74) is 5.10. The Labute approximate surface area is 204 Å². The number of carbonyl (C=O) groups excluding carboxylic acids is 1. The van der Waals surface area contributed by atoms with Gasteiger partial charge in [-0.2, -0.15) is 0 Å². The van der Waals surface area contributed by atoms with E-state index in [0.717, 1.165) is 66.5 Å². The third-order valence-corrected chi connectivity index (χ3v) is 8.35.